The lowest BCUT2D eigenvalue weighted by atomic mass is 9.86. The molecule has 1 heterocycles. The summed E-state index contributed by atoms with van der Waals surface area (Å²) in [5.41, 5.74) is 6.41. The van der Waals surface area contributed by atoms with Crippen molar-refractivity contribution in [2.24, 2.45) is 11.7 Å². The van der Waals surface area contributed by atoms with Crippen LogP contribution in [0.1, 0.15) is 36.2 Å². The Labute approximate surface area is 94.8 Å². The molecule has 0 bridgehead atoms. The van der Waals surface area contributed by atoms with Crippen molar-refractivity contribution in [1.82, 2.24) is 15.5 Å². The minimum absolute atomic E-state index is 0.0864. The molecule has 88 valence electrons. The number of hydrogen-bond acceptors (Lipinski definition) is 3. The van der Waals surface area contributed by atoms with Gasteiger partial charge in [-0.05, 0) is 31.2 Å². The summed E-state index contributed by atoms with van der Waals surface area (Å²) in [5, 5.41) is 9.30. The van der Waals surface area contributed by atoms with E-state index in [1.807, 2.05) is 0 Å². The number of rotatable bonds is 3. The van der Waals surface area contributed by atoms with E-state index in [0.717, 1.165) is 19.3 Å². The van der Waals surface area contributed by atoms with Gasteiger partial charge >= 0.3 is 0 Å². The van der Waals surface area contributed by atoms with Crippen molar-refractivity contribution < 1.29 is 4.79 Å². The maximum Gasteiger partial charge on any atom is 0.269 e. The Balaban J connectivity index is 1.77. The number of carbonyl (C=O) groups excluding carboxylic acids is 1. The summed E-state index contributed by atoms with van der Waals surface area (Å²) < 4.78 is 0. The molecular formula is C11H18N4O. The van der Waals surface area contributed by atoms with Crippen LogP contribution < -0.4 is 11.1 Å². The minimum atomic E-state index is -0.0864. The molecule has 1 fully saturated rings. The zero-order valence-electron chi connectivity index (χ0n) is 9.28. The van der Waals surface area contributed by atoms with E-state index >= 15 is 0 Å². The molecule has 16 heavy (non-hydrogen) atoms. The summed E-state index contributed by atoms with van der Waals surface area (Å²) in [6, 6.07) is 1.98. The smallest absolute Gasteiger partial charge is 0.269 e. The number of carbonyl (C=O) groups is 1. The summed E-state index contributed by atoms with van der Waals surface area (Å²) in [6.07, 6.45) is 6.04. The molecule has 2 rings (SSSR count). The van der Waals surface area contributed by atoms with Gasteiger partial charge < -0.3 is 11.1 Å². The average molecular weight is 222 g/mol. The predicted molar refractivity (Wildman–Crippen MR) is 60.9 cm³/mol. The van der Waals surface area contributed by atoms with Crippen LogP contribution >= 0.6 is 0 Å². The Kier molecular flexibility index (Phi) is 3.56. The van der Waals surface area contributed by atoms with E-state index in [1.165, 1.54) is 6.42 Å². The molecule has 1 aliphatic carbocycles. The minimum Gasteiger partial charge on any atom is -0.350 e. The second-order valence-electron chi connectivity index (χ2n) is 4.47. The molecule has 0 aliphatic heterocycles. The highest BCUT2D eigenvalue weighted by Gasteiger charge is 2.19. The third kappa shape index (κ3) is 2.82. The SMILES string of the molecule is NC1CCCC(CNC(=O)c2ccn[nH]2)C1. The summed E-state index contributed by atoms with van der Waals surface area (Å²) in [6.45, 7) is 0.714. The number of nitrogens with two attached hydrogens (primary N) is 1. The van der Waals surface area contributed by atoms with E-state index in [9.17, 15) is 4.79 Å². The highest BCUT2D eigenvalue weighted by atomic mass is 16.1. The van der Waals surface area contributed by atoms with E-state index in [-0.39, 0.29) is 5.91 Å². The fraction of sp³-hybridized carbons (Fsp3) is 0.636. The molecule has 1 aromatic rings. The van der Waals surface area contributed by atoms with Gasteiger partial charge in [0.2, 0.25) is 0 Å². The Morgan fingerprint density at radius 1 is 1.62 bits per heavy atom. The van der Waals surface area contributed by atoms with Gasteiger partial charge in [-0.25, -0.2) is 0 Å². The monoisotopic (exact) mass is 222 g/mol. The fourth-order valence-corrected chi connectivity index (χ4v) is 2.23. The first-order valence-corrected chi connectivity index (χ1v) is 5.79. The lowest BCUT2D eigenvalue weighted by Crippen LogP contribution is -2.35. The highest BCUT2D eigenvalue weighted by molar-refractivity contribution is 5.92. The molecule has 2 unspecified atom stereocenters. The summed E-state index contributed by atoms with van der Waals surface area (Å²) in [4.78, 5) is 11.6. The molecule has 0 saturated heterocycles. The molecule has 1 saturated carbocycles. The molecule has 5 heteroatoms. The molecule has 0 spiro atoms. The van der Waals surface area contributed by atoms with Crippen LogP contribution in [0.5, 0.6) is 0 Å². The van der Waals surface area contributed by atoms with Crippen molar-refractivity contribution >= 4 is 5.91 Å². The lowest BCUT2D eigenvalue weighted by molar-refractivity contribution is 0.0937. The van der Waals surface area contributed by atoms with Crippen LogP contribution in [0.25, 0.3) is 0 Å². The van der Waals surface area contributed by atoms with Gasteiger partial charge in [0, 0.05) is 18.8 Å². The zero-order valence-corrected chi connectivity index (χ0v) is 9.28. The van der Waals surface area contributed by atoms with Gasteiger partial charge in [0.15, 0.2) is 0 Å². The van der Waals surface area contributed by atoms with Gasteiger partial charge in [0.05, 0.1) is 0 Å². The largest absolute Gasteiger partial charge is 0.350 e. The van der Waals surface area contributed by atoms with Gasteiger partial charge in [-0.15, -0.1) is 0 Å². The van der Waals surface area contributed by atoms with Crippen molar-refractivity contribution in [3.63, 3.8) is 0 Å². The van der Waals surface area contributed by atoms with Crippen LogP contribution in [0.2, 0.25) is 0 Å². The van der Waals surface area contributed by atoms with Gasteiger partial charge in [-0.3, -0.25) is 9.89 Å². The zero-order chi connectivity index (χ0) is 11.4. The molecular weight excluding hydrogens is 204 g/mol. The first kappa shape index (κ1) is 11.1. The van der Waals surface area contributed by atoms with Crippen LogP contribution in [-0.4, -0.2) is 28.7 Å². The highest BCUT2D eigenvalue weighted by Crippen LogP contribution is 2.22. The topological polar surface area (TPSA) is 83.8 Å². The molecule has 1 aromatic heterocycles. The Morgan fingerprint density at radius 3 is 3.19 bits per heavy atom. The van der Waals surface area contributed by atoms with E-state index in [4.69, 9.17) is 5.73 Å². The molecule has 0 aromatic carbocycles. The van der Waals surface area contributed by atoms with E-state index in [2.05, 4.69) is 15.5 Å². The van der Waals surface area contributed by atoms with Crippen molar-refractivity contribution in [1.29, 1.82) is 0 Å². The van der Waals surface area contributed by atoms with Crippen molar-refractivity contribution in [2.75, 3.05) is 6.54 Å². The van der Waals surface area contributed by atoms with E-state index in [0.29, 0.717) is 24.2 Å². The molecule has 1 amide bonds. The van der Waals surface area contributed by atoms with Crippen LogP contribution in [-0.2, 0) is 0 Å². The summed E-state index contributed by atoms with van der Waals surface area (Å²) >= 11 is 0. The van der Waals surface area contributed by atoms with Crippen LogP contribution in [0.4, 0.5) is 0 Å². The first-order valence-electron chi connectivity index (χ1n) is 5.79. The third-order valence-corrected chi connectivity index (χ3v) is 3.12. The molecule has 1 aliphatic rings. The lowest BCUT2D eigenvalue weighted by Gasteiger charge is -2.26. The molecule has 2 atom stereocenters. The van der Waals surface area contributed by atoms with Gasteiger partial charge in [0.1, 0.15) is 5.69 Å². The summed E-state index contributed by atoms with van der Waals surface area (Å²) in [7, 11) is 0. The third-order valence-electron chi connectivity index (χ3n) is 3.12. The number of hydrogen-bond donors (Lipinski definition) is 3. The van der Waals surface area contributed by atoms with Crippen molar-refractivity contribution in [3.05, 3.63) is 18.0 Å². The van der Waals surface area contributed by atoms with Crippen LogP contribution in [0, 0.1) is 5.92 Å². The molecule has 0 radical (unpaired) electrons. The summed E-state index contributed by atoms with van der Waals surface area (Å²) in [5.74, 6) is 0.437. The Morgan fingerprint density at radius 2 is 2.50 bits per heavy atom. The Hall–Kier alpha value is -1.36. The predicted octanol–water partition coefficient (Wildman–Crippen LogP) is 0.657. The van der Waals surface area contributed by atoms with E-state index < -0.39 is 0 Å². The van der Waals surface area contributed by atoms with Crippen molar-refractivity contribution in [2.45, 2.75) is 31.7 Å². The van der Waals surface area contributed by atoms with Crippen molar-refractivity contribution in [3.8, 4) is 0 Å². The van der Waals surface area contributed by atoms with Crippen LogP contribution in [0.15, 0.2) is 12.3 Å². The standard InChI is InChI=1S/C11H18N4O/c12-9-3-1-2-8(6-9)7-13-11(16)10-4-5-14-15-10/h4-5,8-9H,1-3,6-7,12H2,(H,13,16)(H,14,15). The normalized spacial score (nSPS) is 25.3. The maximum atomic E-state index is 11.6. The van der Waals surface area contributed by atoms with Gasteiger partial charge in [-0.1, -0.05) is 6.42 Å². The fourth-order valence-electron chi connectivity index (χ4n) is 2.23. The number of amides is 1. The number of H-pyrrole nitrogens is 1. The second-order valence-corrected chi connectivity index (χ2v) is 4.47. The van der Waals surface area contributed by atoms with Crippen LogP contribution in [0.3, 0.4) is 0 Å². The average Bonchev–Trinajstić information content (AvgIpc) is 2.79. The quantitative estimate of drug-likeness (QED) is 0.702. The van der Waals surface area contributed by atoms with E-state index in [1.54, 1.807) is 12.3 Å². The van der Waals surface area contributed by atoms with Gasteiger partial charge in [-0.2, -0.15) is 5.10 Å². The number of nitrogens with zero attached hydrogens (tertiary/aromatic N) is 1. The number of aromatic nitrogens is 2. The molecule has 5 nitrogen and oxygen atoms in total. The van der Waals surface area contributed by atoms with Gasteiger partial charge in [0.25, 0.3) is 5.91 Å². The maximum absolute atomic E-state index is 11.6. The Bertz CT molecular complexity index is 336. The second kappa shape index (κ2) is 5.12. The number of nitrogens with one attached hydrogen (secondary N) is 2. The first-order chi connectivity index (χ1) is 7.75. The number of aromatic amines is 1. The molecule has 4 N–H and O–H groups in total.